The third-order valence-corrected chi connectivity index (χ3v) is 6.40. The molecular formula is C28H29N3O5. The van der Waals surface area contributed by atoms with E-state index in [2.05, 4.69) is 5.32 Å². The van der Waals surface area contributed by atoms with Crippen LogP contribution < -0.4 is 10.8 Å². The summed E-state index contributed by atoms with van der Waals surface area (Å²) in [4.78, 5) is 39.7. The van der Waals surface area contributed by atoms with E-state index in [1.807, 2.05) is 19.1 Å². The molecule has 1 aliphatic heterocycles. The molecule has 0 aromatic heterocycles. The number of hydrogen-bond acceptors (Lipinski definition) is 5. The molecule has 0 aliphatic carbocycles. The molecule has 3 aromatic rings. The molecule has 1 fully saturated rings. The van der Waals surface area contributed by atoms with Crippen LogP contribution in [0, 0.1) is 12.8 Å². The maximum absolute atomic E-state index is 13.4. The molecule has 1 atom stereocenters. The molecule has 186 valence electrons. The van der Waals surface area contributed by atoms with E-state index in [9.17, 15) is 19.5 Å². The van der Waals surface area contributed by atoms with Gasteiger partial charge < -0.3 is 15.3 Å². The first-order chi connectivity index (χ1) is 17.4. The maximum Gasteiger partial charge on any atom is 0.274 e. The number of benzene rings is 3. The van der Waals surface area contributed by atoms with Crippen molar-refractivity contribution in [2.45, 2.75) is 19.8 Å². The van der Waals surface area contributed by atoms with Gasteiger partial charge in [-0.3, -0.25) is 19.6 Å². The van der Waals surface area contributed by atoms with E-state index in [-0.39, 0.29) is 29.9 Å². The molecule has 4 rings (SSSR count). The fraction of sp³-hybridized carbons (Fsp3) is 0.250. The lowest BCUT2D eigenvalue weighted by molar-refractivity contribution is 0.0620. The summed E-state index contributed by atoms with van der Waals surface area (Å²) in [6.45, 7) is 3.07. The Morgan fingerprint density at radius 3 is 2.22 bits per heavy atom. The first-order valence-corrected chi connectivity index (χ1v) is 11.9. The highest BCUT2D eigenvalue weighted by molar-refractivity contribution is 6.06. The van der Waals surface area contributed by atoms with Gasteiger partial charge in [-0.25, -0.2) is 5.48 Å². The fourth-order valence-electron chi connectivity index (χ4n) is 4.36. The van der Waals surface area contributed by atoms with Gasteiger partial charge in [0.15, 0.2) is 0 Å². The molecule has 0 bridgehead atoms. The Labute approximate surface area is 209 Å². The summed E-state index contributed by atoms with van der Waals surface area (Å²) in [6, 6.07) is 19.0. The van der Waals surface area contributed by atoms with E-state index in [1.165, 1.54) is 0 Å². The third kappa shape index (κ3) is 5.79. The summed E-state index contributed by atoms with van der Waals surface area (Å²) >= 11 is 0. The Morgan fingerprint density at radius 1 is 0.889 bits per heavy atom. The highest BCUT2D eigenvalue weighted by Crippen LogP contribution is 2.28. The van der Waals surface area contributed by atoms with Gasteiger partial charge in [-0.2, -0.15) is 0 Å². The van der Waals surface area contributed by atoms with Crippen LogP contribution in [0.5, 0.6) is 0 Å². The van der Waals surface area contributed by atoms with Gasteiger partial charge in [-0.1, -0.05) is 29.8 Å². The van der Waals surface area contributed by atoms with Crippen molar-refractivity contribution in [2.75, 3.05) is 25.0 Å². The second-order valence-electron chi connectivity index (χ2n) is 9.08. The Balaban J connectivity index is 1.68. The predicted molar refractivity (Wildman–Crippen MR) is 136 cm³/mol. The van der Waals surface area contributed by atoms with Crippen LogP contribution in [0.25, 0.3) is 11.1 Å². The van der Waals surface area contributed by atoms with Crippen LogP contribution >= 0.6 is 0 Å². The molecule has 3 amide bonds. The SMILES string of the molecule is Cc1ccc(C(=O)Nc2cc(C(=O)N3CCC[C@H](CO)C3)cc(-c3ccc(C(=O)NO)cc3)c2)cc1. The van der Waals surface area contributed by atoms with Gasteiger partial charge in [0, 0.05) is 42.1 Å². The number of piperidine rings is 1. The summed E-state index contributed by atoms with van der Waals surface area (Å²) < 4.78 is 0. The molecule has 0 unspecified atom stereocenters. The molecule has 3 aromatic carbocycles. The first-order valence-electron chi connectivity index (χ1n) is 11.9. The molecule has 8 nitrogen and oxygen atoms in total. The number of aryl methyl sites for hydroxylation is 1. The lowest BCUT2D eigenvalue weighted by Gasteiger charge is -2.32. The van der Waals surface area contributed by atoms with Crippen molar-refractivity contribution >= 4 is 23.4 Å². The van der Waals surface area contributed by atoms with E-state index in [0.717, 1.165) is 24.0 Å². The number of anilines is 1. The quantitative estimate of drug-likeness (QED) is 0.311. The zero-order chi connectivity index (χ0) is 25.7. The van der Waals surface area contributed by atoms with Crippen molar-refractivity contribution in [1.82, 2.24) is 10.4 Å². The van der Waals surface area contributed by atoms with Gasteiger partial charge >= 0.3 is 0 Å². The lowest BCUT2D eigenvalue weighted by Crippen LogP contribution is -2.41. The lowest BCUT2D eigenvalue weighted by atomic mass is 9.97. The monoisotopic (exact) mass is 487 g/mol. The van der Waals surface area contributed by atoms with Gasteiger partial charge in [0.05, 0.1) is 0 Å². The van der Waals surface area contributed by atoms with E-state index < -0.39 is 5.91 Å². The minimum absolute atomic E-state index is 0.0371. The number of carbonyl (C=O) groups excluding carboxylic acids is 3. The number of nitrogens with one attached hydrogen (secondary N) is 2. The molecule has 1 aliphatic rings. The average Bonchev–Trinajstić information content (AvgIpc) is 2.92. The molecule has 1 saturated heterocycles. The van der Waals surface area contributed by atoms with Crippen molar-refractivity contribution in [2.24, 2.45) is 5.92 Å². The molecule has 0 radical (unpaired) electrons. The zero-order valence-electron chi connectivity index (χ0n) is 20.0. The Bertz CT molecular complexity index is 1260. The largest absolute Gasteiger partial charge is 0.396 e. The van der Waals surface area contributed by atoms with Crippen LogP contribution in [0.3, 0.4) is 0 Å². The number of hydroxylamine groups is 1. The Hall–Kier alpha value is -4.01. The maximum atomic E-state index is 13.4. The third-order valence-electron chi connectivity index (χ3n) is 6.40. The minimum atomic E-state index is -0.625. The van der Waals surface area contributed by atoms with E-state index in [4.69, 9.17) is 5.21 Å². The zero-order valence-corrected chi connectivity index (χ0v) is 20.0. The van der Waals surface area contributed by atoms with Gasteiger partial charge in [0.1, 0.15) is 0 Å². The number of aliphatic hydroxyl groups excluding tert-OH is 1. The molecule has 8 heteroatoms. The highest BCUT2D eigenvalue weighted by Gasteiger charge is 2.25. The number of aliphatic hydroxyl groups is 1. The second-order valence-corrected chi connectivity index (χ2v) is 9.08. The number of hydrogen-bond donors (Lipinski definition) is 4. The normalized spacial score (nSPS) is 15.3. The van der Waals surface area contributed by atoms with E-state index in [1.54, 1.807) is 65.0 Å². The number of nitrogens with zero attached hydrogens (tertiary/aromatic N) is 1. The van der Waals surface area contributed by atoms with Crippen molar-refractivity contribution < 1.29 is 24.7 Å². The van der Waals surface area contributed by atoms with E-state index >= 15 is 0 Å². The van der Waals surface area contributed by atoms with Crippen LogP contribution in [0.4, 0.5) is 5.69 Å². The number of rotatable bonds is 6. The molecule has 36 heavy (non-hydrogen) atoms. The topological polar surface area (TPSA) is 119 Å². The van der Waals surface area contributed by atoms with Crippen LogP contribution in [-0.4, -0.2) is 52.6 Å². The summed E-state index contributed by atoms with van der Waals surface area (Å²) in [5.74, 6) is -1.03. The van der Waals surface area contributed by atoms with Gasteiger partial charge in [0.2, 0.25) is 0 Å². The fourth-order valence-corrected chi connectivity index (χ4v) is 4.36. The second kappa shape index (κ2) is 11.2. The van der Waals surface area contributed by atoms with Crippen molar-refractivity contribution in [3.8, 4) is 11.1 Å². The minimum Gasteiger partial charge on any atom is -0.396 e. The van der Waals surface area contributed by atoms with Gasteiger partial charge in [0.25, 0.3) is 17.7 Å². The Kier molecular flexibility index (Phi) is 7.77. The number of carbonyl (C=O) groups is 3. The molecule has 4 N–H and O–H groups in total. The highest BCUT2D eigenvalue weighted by atomic mass is 16.5. The first kappa shape index (κ1) is 25.1. The van der Waals surface area contributed by atoms with Crippen molar-refractivity contribution in [3.63, 3.8) is 0 Å². The standard InChI is InChI=1S/C28H29N3O5/c1-18-4-6-21(7-5-18)26(33)29-25-14-23(20-8-10-22(11-9-20)27(34)30-36)13-24(15-25)28(35)31-12-2-3-19(16-31)17-32/h4-11,13-15,19,32,36H,2-3,12,16-17H2,1H3,(H,29,33)(H,30,34)/t19-/m0/s1. The summed E-state index contributed by atoms with van der Waals surface area (Å²) in [6.07, 6.45) is 1.70. The number of likely N-dealkylation sites (tertiary alicyclic amines) is 1. The molecule has 1 heterocycles. The van der Waals surface area contributed by atoms with Crippen molar-refractivity contribution in [3.05, 3.63) is 89.0 Å². The number of amides is 3. The summed E-state index contributed by atoms with van der Waals surface area (Å²) in [5, 5.41) is 21.3. The van der Waals surface area contributed by atoms with E-state index in [0.29, 0.717) is 35.5 Å². The molecule has 0 saturated carbocycles. The van der Waals surface area contributed by atoms with Gasteiger partial charge in [-0.15, -0.1) is 0 Å². The van der Waals surface area contributed by atoms with Gasteiger partial charge in [-0.05, 0) is 79.3 Å². The molecular weight excluding hydrogens is 458 g/mol. The molecule has 0 spiro atoms. The van der Waals surface area contributed by atoms with Crippen LogP contribution in [0.2, 0.25) is 0 Å². The van der Waals surface area contributed by atoms with Crippen LogP contribution in [0.15, 0.2) is 66.7 Å². The van der Waals surface area contributed by atoms with Crippen LogP contribution in [0.1, 0.15) is 49.5 Å². The van der Waals surface area contributed by atoms with Crippen LogP contribution in [-0.2, 0) is 0 Å². The smallest absolute Gasteiger partial charge is 0.274 e. The van der Waals surface area contributed by atoms with Crippen molar-refractivity contribution in [1.29, 1.82) is 0 Å². The average molecular weight is 488 g/mol. The Morgan fingerprint density at radius 2 is 1.56 bits per heavy atom. The predicted octanol–water partition coefficient (Wildman–Crippen LogP) is 3.88. The summed E-state index contributed by atoms with van der Waals surface area (Å²) in [5.41, 5.74) is 5.74. The summed E-state index contributed by atoms with van der Waals surface area (Å²) in [7, 11) is 0.